The Morgan fingerprint density at radius 3 is 2.16 bits per heavy atom. The molecule has 0 bridgehead atoms. The van der Waals surface area contributed by atoms with Gasteiger partial charge in [-0.15, -0.1) is 0 Å². The fourth-order valence-corrected chi connectivity index (χ4v) is 6.80. The van der Waals surface area contributed by atoms with Crippen LogP contribution in [0.3, 0.4) is 0 Å². The second-order valence-corrected chi connectivity index (χ2v) is 13.6. The number of nitrogens with one attached hydrogen (secondary N) is 1. The smallest absolute Gasteiger partial charge is 0.369 e. The monoisotopic (exact) mass is 698 g/mol. The highest BCUT2D eigenvalue weighted by molar-refractivity contribution is 6.04. The molecule has 0 saturated heterocycles. The molecule has 7 nitrogen and oxygen atoms in total. The summed E-state index contributed by atoms with van der Waals surface area (Å²) in [7, 11) is 0. The van der Waals surface area contributed by atoms with Crippen LogP contribution >= 0.6 is 0 Å². The highest BCUT2D eigenvalue weighted by Gasteiger charge is 2.39. The first-order valence-electron chi connectivity index (χ1n) is 17.5. The van der Waals surface area contributed by atoms with Gasteiger partial charge in [-0.1, -0.05) is 94.3 Å². The molecule has 268 valence electrons. The van der Waals surface area contributed by atoms with Crippen LogP contribution in [0, 0.1) is 17.8 Å². The second-order valence-electron chi connectivity index (χ2n) is 13.6. The zero-order chi connectivity index (χ0) is 36.7. The first kappa shape index (κ1) is 37.1. The van der Waals surface area contributed by atoms with E-state index in [-0.39, 0.29) is 30.8 Å². The van der Waals surface area contributed by atoms with Crippen LogP contribution in [0.15, 0.2) is 103 Å². The third-order valence-corrected chi connectivity index (χ3v) is 9.37. The Hall–Kier alpha value is -5.12. The molecule has 3 unspecified atom stereocenters. The van der Waals surface area contributed by atoms with Crippen LogP contribution in [0.25, 0.3) is 11.1 Å². The van der Waals surface area contributed by atoms with Crippen LogP contribution in [0.4, 0.5) is 30.2 Å². The van der Waals surface area contributed by atoms with Crippen molar-refractivity contribution in [1.82, 2.24) is 5.32 Å². The van der Waals surface area contributed by atoms with E-state index in [2.05, 4.69) is 5.32 Å². The third kappa shape index (κ3) is 8.98. The average molecular weight is 699 g/mol. The van der Waals surface area contributed by atoms with Crippen molar-refractivity contribution in [2.24, 2.45) is 23.5 Å². The molecule has 0 fully saturated rings. The third-order valence-electron chi connectivity index (χ3n) is 9.37. The van der Waals surface area contributed by atoms with Gasteiger partial charge in [0.1, 0.15) is 6.04 Å². The molecule has 1 aliphatic heterocycles. The fourth-order valence-electron chi connectivity index (χ4n) is 6.80. The molecule has 0 saturated carbocycles. The molecule has 5 rings (SSSR count). The minimum Gasteiger partial charge on any atom is -0.369 e. The van der Waals surface area contributed by atoms with Crippen molar-refractivity contribution in [2.75, 3.05) is 16.3 Å². The second kappa shape index (κ2) is 16.3. The number of benzene rings is 4. The van der Waals surface area contributed by atoms with Crippen molar-refractivity contribution in [3.8, 4) is 11.1 Å². The molecule has 1 heterocycles. The number of hydrogen-bond acceptors (Lipinski definition) is 4. The molecule has 0 spiro atoms. The molecule has 3 N–H and O–H groups in total. The lowest BCUT2D eigenvalue weighted by molar-refractivity contribution is -0.137. The lowest BCUT2D eigenvalue weighted by Gasteiger charge is -2.30. The number of amides is 3. The van der Waals surface area contributed by atoms with Gasteiger partial charge >= 0.3 is 6.18 Å². The van der Waals surface area contributed by atoms with E-state index < -0.39 is 35.5 Å². The summed E-state index contributed by atoms with van der Waals surface area (Å²) in [6, 6.07) is 28.5. The van der Waals surface area contributed by atoms with Gasteiger partial charge in [-0.25, -0.2) is 0 Å². The summed E-state index contributed by atoms with van der Waals surface area (Å²) in [5.41, 5.74) is 9.44. The number of carbonyl (C=O) groups is 3. The summed E-state index contributed by atoms with van der Waals surface area (Å²) in [4.78, 5) is 45.3. The van der Waals surface area contributed by atoms with Crippen molar-refractivity contribution in [1.29, 1.82) is 0 Å². The predicted octanol–water partition coefficient (Wildman–Crippen LogP) is 8.50. The molecular weight excluding hydrogens is 653 g/mol. The summed E-state index contributed by atoms with van der Waals surface area (Å²) in [6.07, 6.45) is -1.93. The summed E-state index contributed by atoms with van der Waals surface area (Å²) >= 11 is 0. The Morgan fingerprint density at radius 2 is 1.53 bits per heavy atom. The van der Waals surface area contributed by atoms with E-state index in [4.69, 9.17) is 5.73 Å². The number of alkyl halides is 3. The predicted molar refractivity (Wildman–Crippen MR) is 195 cm³/mol. The largest absolute Gasteiger partial charge is 0.416 e. The number of halogens is 3. The van der Waals surface area contributed by atoms with Crippen LogP contribution in [-0.4, -0.2) is 30.3 Å². The molecule has 10 heteroatoms. The zero-order valence-corrected chi connectivity index (χ0v) is 29.2. The summed E-state index contributed by atoms with van der Waals surface area (Å²) in [6.45, 7) is 6.27. The van der Waals surface area contributed by atoms with Crippen LogP contribution in [0.2, 0.25) is 0 Å². The number of nitrogens with two attached hydrogens (primary N) is 1. The van der Waals surface area contributed by atoms with E-state index in [9.17, 15) is 27.6 Å². The minimum atomic E-state index is -4.44. The lowest BCUT2D eigenvalue weighted by atomic mass is 9.81. The van der Waals surface area contributed by atoms with Gasteiger partial charge in [0.05, 0.1) is 30.0 Å². The van der Waals surface area contributed by atoms with Gasteiger partial charge in [0.25, 0.3) is 5.91 Å². The highest BCUT2D eigenvalue weighted by atomic mass is 19.4. The molecule has 3 atom stereocenters. The average Bonchev–Trinajstić information content (AvgIpc) is 3.22. The van der Waals surface area contributed by atoms with Gasteiger partial charge in [-0.05, 0) is 77.9 Å². The standard InChI is InChI=1S/C41H45F3N4O3/c1-4-5-16-33(38(45)49)34(23-27(2)3)39(50)46-35-26-47(32-14-7-6-8-15-32)36-17-9-10-18-37(36)48(40(35)51)25-28-12-11-13-30(24-28)29-19-21-31(22-20-29)41(42,43)44/h6-15,17-22,24,27,33-35H,4-5,16,23,25-26H2,1-3H3,(H2,45,49)(H,46,50). The van der Waals surface area contributed by atoms with Crippen LogP contribution < -0.4 is 20.9 Å². The quantitative estimate of drug-likeness (QED) is 0.146. The van der Waals surface area contributed by atoms with Gasteiger partial charge < -0.3 is 20.9 Å². The Kier molecular flexibility index (Phi) is 11.8. The van der Waals surface area contributed by atoms with E-state index in [1.807, 2.05) is 105 Å². The Morgan fingerprint density at radius 1 is 0.863 bits per heavy atom. The number of rotatable bonds is 13. The van der Waals surface area contributed by atoms with Gasteiger partial charge in [0, 0.05) is 17.5 Å². The number of fused-ring (bicyclic) bond motifs is 1. The van der Waals surface area contributed by atoms with Gasteiger partial charge in [-0.2, -0.15) is 13.2 Å². The van der Waals surface area contributed by atoms with Crippen molar-refractivity contribution >= 4 is 34.8 Å². The molecule has 3 amide bonds. The maximum absolute atomic E-state index is 14.7. The van der Waals surface area contributed by atoms with Crippen molar-refractivity contribution in [3.63, 3.8) is 0 Å². The van der Waals surface area contributed by atoms with E-state index in [0.29, 0.717) is 29.7 Å². The number of carbonyl (C=O) groups excluding carboxylic acids is 3. The van der Waals surface area contributed by atoms with Crippen LogP contribution in [0.1, 0.15) is 57.6 Å². The van der Waals surface area contributed by atoms with Gasteiger partial charge in [0.2, 0.25) is 11.8 Å². The Bertz CT molecular complexity index is 1810. The Balaban J connectivity index is 1.53. The van der Waals surface area contributed by atoms with Gasteiger partial charge in [-0.3, -0.25) is 14.4 Å². The first-order chi connectivity index (χ1) is 24.4. The van der Waals surface area contributed by atoms with E-state index in [1.54, 1.807) is 4.90 Å². The van der Waals surface area contributed by atoms with E-state index >= 15 is 0 Å². The highest BCUT2D eigenvalue weighted by Crippen LogP contribution is 2.39. The van der Waals surface area contributed by atoms with Crippen molar-refractivity contribution in [3.05, 3.63) is 114 Å². The SMILES string of the molecule is CCCCC(C(N)=O)C(CC(C)C)C(=O)NC1CN(c2ccccc2)c2ccccc2N(Cc2cccc(-c3ccc(C(F)(F)F)cc3)c2)C1=O. The minimum absolute atomic E-state index is 0.104. The number of anilines is 3. The topological polar surface area (TPSA) is 95.7 Å². The molecule has 0 radical (unpaired) electrons. The van der Waals surface area contributed by atoms with Gasteiger partial charge in [0.15, 0.2) is 0 Å². The Labute approximate surface area is 297 Å². The molecule has 0 aromatic heterocycles. The number of unbranched alkanes of at least 4 members (excludes halogenated alkanes) is 1. The number of para-hydroxylation sites is 3. The molecule has 1 aliphatic rings. The summed E-state index contributed by atoms with van der Waals surface area (Å²) in [5.74, 6) is -2.50. The van der Waals surface area contributed by atoms with E-state index in [0.717, 1.165) is 41.9 Å². The van der Waals surface area contributed by atoms with Crippen molar-refractivity contribution in [2.45, 2.75) is 65.2 Å². The lowest BCUT2D eigenvalue weighted by Crippen LogP contribution is -2.54. The molecule has 4 aromatic carbocycles. The van der Waals surface area contributed by atoms with E-state index in [1.165, 1.54) is 12.1 Å². The molecular formula is C41H45F3N4O3. The van der Waals surface area contributed by atoms with Crippen molar-refractivity contribution < 1.29 is 27.6 Å². The molecule has 4 aromatic rings. The zero-order valence-electron chi connectivity index (χ0n) is 29.2. The number of hydrogen-bond donors (Lipinski definition) is 2. The normalized spacial score (nSPS) is 16.0. The maximum atomic E-state index is 14.7. The summed E-state index contributed by atoms with van der Waals surface area (Å²) in [5, 5.41) is 3.06. The maximum Gasteiger partial charge on any atom is 0.416 e. The van der Waals surface area contributed by atoms with Crippen LogP contribution in [0.5, 0.6) is 0 Å². The van der Waals surface area contributed by atoms with Crippen LogP contribution in [-0.2, 0) is 27.1 Å². The molecule has 0 aliphatic carbocycles. The number of primary amides is 1. The molecule has 51 heavy (non-hydrogen) atoms. The summed E-state index contributed by atoms with van der Waals surface area (Å²) < 4.78 is 39.7. The number of nitrogens with zero attached hydrogens (tertiary/aromatic N) is 2. The fraction of sp³-hybridized carbons (Fsp3) is 0.341. The first-order valence-corrected chi connectivity index (χ1v) is 17.5.